The maximum absolute atomic E-state index is 12.5. The Kier molecular flexibility index (Phi) is 5.65. The van der Waals surface area contributed by atoms with E-state index < -0.39 is 5.97 Å². The number of hydrogen-bond donors (Lipinski definition) is 1. The van der Waals surface area contributed by atoms with Gasteiger partial charge < -0.3 is 14.3 Å². The van der Waals surface area contributed by atoms with Crippen molar-refractivity contribution in [2.75, 3.05) is 12.4 Å². The van der Waals surface area contributed by atoms with Crippen molar-refractivity contribution in [3.05, 3.63) is 34.9 Å². The minimum Gasteiger partial charge on any atom is -0.461 e. The van der Waals surface area contributed by atoms with Crippen LogP contribution in [0, 0.1) is 13.8 Å². The molecule has 2 heterocycles. The highest BCUT2D eigenvalue weighted by atomic mass is 32.2. The summed E-state index contributed by atoms with van der Waals surface area (Å²) in [6.45, 7) is 8.45. The summed E-state index contributed by atoms with van der Waals surface area (Å²) >= 11 is 1.40. The van der Waals surface area contributed by atoms with Gasteiger partial charge in [-0.05, 0) is 33.3 Å². The van der Waals surface area contributed by atoms with Crippen molar-refractivity contribution in [3.63, 3.8) is 0 Å². The second kappa shape index (κ2) is 7.50. The average molecular weight is 335 g/mol. The van der Waals surface area contributed by atoms with Crippen molar-refractivity contribution in [1.82, 2.24) is 14.5 Å². The molecule has 2 aromatic heterocycles. The molecular weight excluding hydrogens is 314 g/mol. The third-order valence-electron chi connectivity index (χ3n) is 3.55. The van der Waals surface area contributed by atoms with Crippen LogP contribution in [-0.4, -0.2) is 38.6 Å². The summed E-state index contributed by atoms with van der Waals surface area (Å²) in [6, 6.07) is 0. The summed E-state index contributed by atoms with van der Waals surface area (Å²) in [5, 5.41) is 0.817. The lowest BCUT2D eigenvalue weighted by molar-refractivity contribution is 0.0519. The van der Waals surface area contributed by atoms with Gasteiger partial charge in [0.05, 0.1) is 12.4 Å². The van der Waals surface area contributed by atoms with Crippen LogP contribution in [-0.2, 0) is 11.3 Å². The highest BCUT2D eigenvalue weighted by molar-refractivity contribution is 7.99. The summed E-state index contributed by atoms with van der Waals surface area (Å²) in [4.78, 5) is 31.7. The normalized spacial score (nSPS) is 10.8. The molecule has 0 bridgehead atoms. The third-order valence-corrected chi connectivity index (χ3v) is 4.55. The standard InChI is InChI=1S/C16H21N3O3S/c1-5-19-8-7-17-16(19)23-9-12(20)13-10(3)14(18-11(13)4)15(21)22-6-2/h7-8,18H,5-6,9H2,1-4H3. The minimum absolute atomic E-state index is 0.0255. The number of hydrogen-bond acceptors (Lipinski definition) is 5. The lowest BCUT2D eigenvalue weighted by atomic mass is 10.1. The number of ketones is 1. The molecule has 0 aliphatic carbocycles. The first-order valence-electron chi connectivity index (χ1n) is 7.52. The molecule has 0 saturated heterocycles. The fourth-order valence-electron chi connectivity index (χ4n) is 2.45. The molecule has 0 radical (unpaired) electrons. The van der Waals surface area contributed by atoms with E-state index in [1.807, 2.05) is 17.7 Å². The van der Waals surface area contributed by atoms with Crippen LogP contribution in [0.25, 0.3) is 0 Å². The van der Waals surface area contributed by atoms with E-state index in [1.54, 1.807) is 27.0 Å². The molecule has 0 saturated carbocycles. The number of imidazole rings is 1. The molecule has 0 aliphatic heterocycles. The number of carbonyl (C=O) groups is 2. The number of rotatable bonds is 7. The van der Waals surface area contributed by atoms with Gasteiger partial charge in [0, 0.05) is 30.2 Å². The second-order valence-electron chi connectivity index (χ2n) is 5.05. The van der Waals surface area contributed by atoms with E-state index in [1.165, 1.54) is 11.8 Å². The summed E-state index contributed by atoms with van der Waals surface area (Å²) in [7, 11) is 0. The number of carbonyl (C=O) groups excluding carboxylic acids is 2. The first-order chi connectivity index (χ1) is 11.0. The fourth-order valence-corrected chi connectivity index (χ4v) is 3.35. The molecule has 2 aromatic rings. The van der Waals surface area contributed by atoms with E-state index in [2.05, 4.69) is 9.97 Å². The largest absolute Gasteiger partial charge is 0.461 e. The zero-order valence-corrected chi connectivity index (χ0v) is 14.6. The topological polar surface area (TPSA) is 77.0 Å². The van der Waals surface area contributed by atoms with Gasteiger partial charge in [0.1, 0.15) is 5.69 Å². The number of H-pyrrole nitrogens is 1. The average Bonchev–Trinajstić information content (AvgIpc) is 3.09. The number of aryl methyl sites for hydroxylation is 2. The molecule has 2 rings (SSSR count). The van der Waals surface area contributed by atoms with Crippen LogP contribution in [0.15, 0.2) is 17.6 Å². The van der Waals surface area contributed by atoms with Crippen molar-refractivity contribution in [1.29, 1.82) is 0 Å². The molecule has 7 heteroatoms. The zero-order valence-electron chi connectivity index (χ0n) is 13.8. The SMILES string of the molecule is CCOC(=O)c1[nH]c(C)c(C(=O)CSc2nccn2CC)c1C. The number of nitrogens with one attached hydrogen (secondary N) is 1. The number of Topliss-reactive ketones (excluding diaryl/α,β-unsaturated/α-hetero) is 1. The smallest absolute Gasteiger partial charge is 0.355 e. The van der Waals surface area contributed by atoms with Crippen LogP contribution in [0.3, 0.4) is 0 Å². The van der Waals surface area contributed by atoms with Crippen LogP contribution < -0.4 is 0 Å². The van der Waals surface area contributed by atoms with Gasteiger partial charge in [-0.15, -0.1) is 0 Å². The highest BCUT2D eigenvalue weighted by Crippen LogP contribution is 2.23. The number of aromatic nitrogens is 3. The van der Waals surface area contributed by atoms with Gasteiger partial charge in [-0.25, -0.2) is 9.78 Å². The highest BCUT2D eigenvalue weighted by Gasteiger charge is 2.23. The molecule has 0 unspecified atom stereocenters. The van der Waals surface area contributed by atoms with Crippen LogP contribution in [0.5, 0.6) is 0 Å². The Morgan fingerprint density at radius 1 is 1.35 bits per heavy atom. The summed E-state index contributed by atoms with van der Waals surface area (Å²) < 4.78 is 6.99. The van der Waals surface area contributed by atoms with Gasteiger partial charge in [0.2, 0.25) is 0 Å². The first-order valence-corrected chi connectivity index (χ1v) is 8.51. The minimum atomic E-state index is -0.429. The summed E-state index contributed by atoms with van der Waals surface area (Å²) in [5.41, 5.74) is 2.25. The van der Waals surface area contributed by atoms with Gasteiger partial charge >= 0.3 is 5.97 Å². The van der Waals surface area contributed by atoms with Gasteiger partial charge in [-0.3, -0.25) is 4.79 Å². The maximum atomic E-state index is 12.5. The van der Waals surface area contributed by atoms with Crippen LogP contribution >= 0.6 is 11.8 Å². The number of thioether (sulfide) groups is 1. The Morgan fingerprint density at radius 2 is 2.09 bits per heavy atom. The van der Waals surface area contributed by atoms with Crippen molar-refractivity contribution < 1.29 is 14.3 Å². The summed E-state index contributed by atoms with van der Waals surface area (Å²) in [6.07, 6.45) is 3.61. The van der Waals surface area contributed by atoms with E-state index >= 15 is 0 Å². The van der Waals surface area contributed by atoms with E-state index in [0.717, 1.165) is 11.7 Å². The molecule has 0 fully saturated rings. The Labute approximate surface area is 139 Å². The predicted octanol–water partition coefficient (Wildman–Crippen LogP) is 3.00. The Hall–Kier alpha value is -2.02. The zero-order chi connectivity index (χ0) is 17.0. The monoisotopic (exact) mass is 335 g/mol. The van der Waals surface area contributed by atoms with Gasteiger partial charge in [-0.1, -0.05) is 11.8 Å². The number of aromatic amines is 1. The van der Waals surface area contributed by atoms with Crippen molar-refractivity contribution in [3.8, 4) is 0 Å². The predicted molar refractivity (Wildman–Crippen MR) is 89.2 cm³/mol. The lowest BCUT2D eigenvalue weighted by Crippen LogP contribution is -2.09. The third kappa shape index (κ3) is 3.67. The van der Waals surface area contributed by atoms with E-state index in [-0.39, 0.29) is 11.5 Å². The Morgan fingerprint density at radius 3 is 2.74 bits per heavy atom. The quantitative estimate of drug-likeness (QED) is 0.478. The van der Waals surface area contributed by atoms with E-state index in [4.69, 9.17) is 4.74 Å². The molecule has 0 spiro atoms. The van der Waals surface area contributed by atoms with Gasteiger partial charge in [-0.2, -0.15) is 0 Å². The molecule has 0 aliphatic rings. The van der Waals surface area contributed by atoms with Crippen LogP contribution in [0.4, 0.5) is 0 Å². The van der Waals surface area contributed by atoms with E-state index in [9.17, 15) is 9.59 Å². The molecule has 6 nitrogen and oxygen atoms in total. The van der Waals surface area contributed by atoms with Crippen molar-refractivity contribution >= 4 is 23.5 Å². The van der Waals surface area contributed by atoms with Gasteiger partial charge in [0.25, 0.3) is 0 Å². The molecule has 1 N–H and O–H groups in total. The molecule has 0 atom stereocenters. The van der Waals surface area contributed by atoms with Gasteiger partial charge in [0.15, 0.2) is 10.9 Å². The molecule has 124 valence electrons. The van der Waals surface area contributed by atoms with Crippen molar-refractivity contribution in [2.24, 2.45) is 0 Å². The number of nitrogens with zero attached hydrogens (tertiary/aromatic N) is 2. The van der Waals surface area contributed by atoms with Crippen molar-refractivity contribution in [2.45, 2.75) is 39.4 Å². The molecule has 0 amide bonds. The molecular formula is C16H21N3O3S. The van der Waals surface area contributed by atoms with Crippen LogP contribution in [0.1, 0.15) is 46.0 Å². The summed E-state index contributed by atoms with van der Waals surface area (Å²) in [5.74, 6) is -0.178. The fraction of sp³-hybridized carbons (Fsp3) is 0.438. The Bertz CT molecular complexity index is 718. The lowest BCUT2D eigenvalue weighted by Gasteiger charge is -2.05. The molecule has 23 heavy (non-hydrogen) atoms. The molecule has 0 aromatic carbocycles. The van der Waals surface area contributed by atoms with Crippen LogP contribution in [0.2, 0.25) is 0 Å². The number of ether oxygens (including phenoxy) is 1. The number of esters is 1. The Balaban J connectivity index is 2.15. The van der Waals surface area contributed by atoms with E-state index in [0.29, 0.717) is 29.1 Å². The maximum Gasteiger partial charge on any atom is 0.355 e. The first kappa shape index (κ1) is 17.3. The second-order valence-corrected chi connectivity index (χ2v) is 6.00.